The first-order valence-corrected chi connectivity index (χ1v) is 7.19. The minimum atomic E-state index is -0.313. The summed E-state index contributed by atoms with van der Waals surface area (Å²) in [4.78, 5) is 11.9. The van der Waals surface area contributed by atoms with Gasteiger partial charge in [0.05, 0.1) is 6.04 Å². The molecule has 3 rings (SSSR count). The van der Waals surface area contributed by atoms with E-state index in [1.165, 1.54) is 24.3 Å². The molecule has 0 aromatic heterocycles. The average Bonchev–Trinajstić information content (AvgIpc) is 2.89. The molecule has 0 bridgehead atoms. The number of aryl methyl sites for hydroxylation is 1. The summed E-state index contributed by atoms with van der Waals surface area (Å²) in [5.41, 5.74) is 2.73. The molecule has 0 heterocycles. The van der Waals surface area contributed by atoms with Crippen molar-refractivity contribution in [2.75, 3.05) is 0 Å². The number of amides is 2. The molecule has 2 N–H and O–H groups in total. The van der Waals surface area contributed by atoms with Crippen molar-refractivity contribution < 1.29 is 13.6 Å². The maximum Gasteiger partial charge on any atom is 0.315 e. The van der Waals surface area contributed by atoms with Gasteiger partial charge in [0.2, 0.25) is 0 Å². The molecule has 5 heteroatoms. The minimum Gasteiger partial charge on any atom is -0.334 e. The molecule has 0 spiro atoms. The van der Waals surface area contributed by atoms with E-state index in [-0.39, 0.29) is 23.7 Å². The van der Waals surface area contributed by atoms with Crippen LogP contribution in [0, 0.1) is 11.6 Å². The smallest absolute Gasteiger partial charge is 0.315 e. The molecule has 2 aromatic carbocycles. The number of hydrogen-bond acceptors (Lipinski definition) is 1. The molecule has 1 unspecified atom stereocenters. The summed E-state index contributed by atoms with van der Waals surface area (Å²) in [6, 6.07) is 10.2. The van der Waals surface area contributed by atoms with Crippen LogP contribution in [0.4, 0.5) is 13.6 Å². The fourth-order valence-corrected chi connectivity index (χ4v) is 2.72. The summed E-state index contributed by atoms with van der Waals surface area (Å²) in [5.74, 6) is -0.600. The lowest BCUT2D eigenvalue weighted by Gasteiger charge is -2.15. The lowest BCUT2D eigenvalue weighted by molar-refractivity contribution is 0.236. The molecule has 0 saturated heterocycles. The summed E-state index contributed by atoms with van der Waals surface area (Å²) >= 11 is 0. The Bertz CT molecular complexity index is 686. The number of urea groups is 1. The number of benzene rings is 2. The van der Waals surface area contributed by atoms with Gasteiger partial charge in [0.1, 0.15) is 11.6 Å². The lowest BCUT2D eigenvalue weighted by Crippen LogP contribution is -2.36. The first-order chi connectivity index (χ1) is 10.6. The largest absolute Gasteiger partial charge is 0.334 e. The summed E-state index contributed by atoms with van der Waals surface area (Å²) in [6.07, 6.45) is 1.60. The SMILES string of the molecule is O=C(NCc1ccc(F)cc1)NC1CCc2ccc(F)cc21. The first kappa shape index (κ1) is 14.5. The number of rotatable bonds is 3. The van der Waals surface area contributed by atoms with E-state index < -0.39 is 0 Å². The molecule has 2 amide bonds. The normalized spacial score (nSPS) is 16.2. The van der Waals surface area contributed by atoms with Gasteiger partial charge in [-0.15, -0.1) is 0 Å². The van der Waals surface area contributed by atoms with Gasteiger partial charge in [-0.25, -0.2) is 13.6 Å². The van der Waals surface area contributed by atoms with Crippen LogP contribution >= 0.6 is 0 Å². The van der Waals surface area contributed by atoms with Crippen molar-refractivity contribution in [2.45, 2.75) is 25.4 Å². The molecule has 3 nitrogen and oxygen atoms in total. The quantitative estimate of drug-likeness (QED) is 0.896. The minimum absolute atomic E-state index is 0.168. The van der Waals surface area contributed by atoms with E-state index >= 15 is 0 Å². The summed E-state index contributed by atoms with van der Waals surface area (Å²) in [5, 5.41) is 5.58. The Labute approximate surface area is 127 Å². The monoisotopic (exact) mass is 302 g/mol. The number of halogens is 2. The van der Waals surface area contributed by atoms with Gasteiger partial charge >= 0.3 is 6.03 Å². The van der Waals surface area contributed by atoms with Gasteiger partial charge in [-0.2, -0.15) is 0 Å². The second kappa shape index (κ2) is 6.13. The number of carbonyl (C=O) groups is 1. The van der Waals surface area contributed by atoms with Crippen molar-refractivity contribution in [1.29, 1.82) is 0 Å². The predicted octanol–water partition coefficient (Wildman–Crippen LogP) is 3.45. The van der Waals surface area contributed by atoms with Crippen LogP contribution in [0.1, 0.15) is 29.2 Å². The predicted molar refractivity (Wildman–Crippen MR) is 79.2 cm³/mol. The van der Waals surface area contributed by atoms with Crippen molar-refractivity contribution in [3.63, 3.8) is 0 Å². The number of hydrogen-bond donors (Lipinski definition) is 2. The fraction of sp³-hybridized carbons (Fsp3) is 0.235. The van der Waals surface area contributed by atoms with Crippen molar-refractivity contribution in [3.8, 4) is 0 Å². The molecular weight excluding hydrogens is 286 g/mol. The van der Waals surface area contributed by atoms with E-state index in [2.05, 4.69) is 10.6 Å². The summed E-state index contributed by atoms with van der Waals surface area (Å²) in [6.45, 7) is 0.314. The van der Waals surface area contributed by atoms with Crippen LogP contribution < -0.4 is 10.6 Å². The highest BCUT2D eigenvalue weighted by Crippen LogP contribution is 2.31. The van der Waals surface area contributed by atoms with Crippen LogP contribution in [0.3, 0.4) is 0 Å². The number of nitrogens with one attached hydrogen (secondary N) is 2. The highest BCUT2D eigenvalue weighted by atomic mass is 19.1. The summed E-state index contributed by atoms with van der Waals surface area (Å²) in [7, 11) is 0. The molecule has 2 aromatic rings. The van der Waals surface area contributed by atoms with Crippen LogP contribution in [0.2, 0.25) is 0 Å². The molecular formula is C17H16F2N2O. The molecule has 0 radical (unpaired) electrons. The van der Waals surface area contributed by atoms with Gasteiger partial charge < -0.3 is 10.6 Å². The zero-order valence-corrected chi connectivity index (χ0v) is 11.9. The van der Waals surface area contributed by atoms with Crippen LogP contribution in [-0.2, 0) is 13.0 Å². The van der Waals surface area contributed by atoms with Crippen LogP contribution in [0.15, 0.2) is 42.5 Å². The van der Waals surface area contributed by atoms with E-state index in [1.54, 1.807) is 18.2 Å². The fourth-order valence-electron chi connectivity index (χ4n) is 2.72. The Balaban J connectivity index is 1.57. The van der Waals surface area contributed by atoms with Gasteiger partial charge in [-0.3, -0.25) is 0 Å². The highest BCUT2D eigenvalue weighted by molar-refractivity contribution is 5.74. The molecule has 22 heavy (non-hydrogen) atoms. The highest BCUT2D eigenvalue weighted by Gasteiger charge is 2.24. The topological polar surface area (TPSA) is 41.1 Å². The van der Waals surface area contributed by atoms with Gasteiger partial charge in [0, 0.05) is 6.54 Å². The Morgan fingerprint density at radius 3 is 2.59 bits per heavy atom. The van der Waals surface area contributed by atoms with E-state index in [0.29, 0.717) is 6.54 Å². The lowest BCUT2D eigenvalue weighted by atomic mass is 10.1. The maximum atomic E-state index is 13.3. The Kier molecular flexibility index (Phi) is 4.04. The van der Waals surface area contributed by atoms with E-state index in [1.807, 2.05) is 0 Å². The third-order valence-corrected chi connectivity index (χ3v) is 3.86. The van der Waals surface area contributed by atoms with Crippen LogP contribution in [-0.4, -0.2) is 6.03 Å². The third-order valence-electron chi connectivity index (χ3n) is 3.86. The molecule has 1 aliphatic carbocycles. The molecule has 1 aliphatic rings. The third kappa shape index (κ3) is 3.24. The molecule has 0 fully saturated rings. The van der Waals surface area contributed by atoms with Gasteiger partial charge in [0.15, 0.2) is 0 Å². The Morgan fingerprint density at radius 1 is 1.09 bits per heavy atom. The van der Waals surface area contributed by atoms with E-state index in [4.69, 9.17) is 0 Å². The second-order valence-corrected chi connectivity index (χ2v) is 5.39. The first-order valence-electron chi connectivity index (χ1n) is 7.19. The average molecular weight is 302 g/mol. The van der Waals surface area contributed by atoms with Crippen molar-refractivity contribution in [1.82, 2.24) is 10.6 Å². The maximum absolute atomic E-state index is 13.3. The molecule has 0 saturated carbocycles. The van der Waals surface area contributed by atoms with Crippen molar-refractivity contribution >= 4 is 6.03 Å². The van der Waals surface area contributed by atoms with Crippen molar-refractivity contribution in [2.24, 2.45) is 0 Å². The Morgan fingerprint density at radius 2 is 1.82 bits per heavy atom. The molecule has 114 valence electrons. The van der Waals surface area contributed by atoms with Gasteiger partial charge in [-0.05, 0) is 53.8 Å². The number of carbonyl (C=O) groups excluding carboxylic acids is 1. The van der Waals surface area contributed by atoms with Gasteiger partial charge in [-0.1, -0.05) is 18.2 Å². The Hall–Kier alpha value is -2.43. The molecule has 0 aliphatic heterocycles. The van der Waals surface area contributed by atoms with Crippen LogP contribution in [0.25, 0.3) is 0 Å². The van der Waals surface area contributed by atoms with Crippen molar-refractivity contribution in [3.05, 3.63) is 70.8 Å². The molecule has 1 atom stereocenters. The van der Waals surface area contributed by atoms with E-state index in [9.17, 15) is 13.6 Å². The van der Waals surface area contributed by atoms with E-state index in [0.717, 1.165) is 29.5 Å². The zero-order valence-electron chi connectivity index (χ0n) is 11.9. The zero-order chi connectivity index (χ0) is 15.5. The second-order valence-electron chi connectivity index (χ2n) is 5.39. The standard InChI is InChI=1S/C17H16F2N2O/c18-13-5-1-11(2-6-13)10-20-17(22)21-16-8-4-12-3-7-14(19)9-15(12)16/h1-3,5-7,9,16H,4,8,10H2,(H2,20,21,22). The van der Waals surface area contributed by atoms with Crippen LogP contribution in [0.5, 0.6) is 0 Å². The van der Waals surface area contributed by atoms with Gasteiger partial charge in [0.25, 0.3) is 0 Å². The number of fused-ring (bicyclic) bond motifs is 1. The summed E-state index contributed by atoms with van der Waals surface area (Å²) < 4.78 is 26.1.